The van der Waals surface area contributed by atoms with Gasteiger partial charge in [-0.1, -0.05) is 35.8 Å². The summed E-state index contributed by atoms with van der Waals surface area (Å²) in [5.74, 6) is 0.847. The van der Waals surface area contributed by atoms with Crippen molar-refractivity contribution in [2.24, 2.45) is 0 Å². The minimum atomic E-state index is 0.556. The normalized spacial score (nSPS) is 9.41. The van der Waals surface area contributed by atoms with Gasteiger partial charge in [-0.2, -0.15) is 0 Å². The molecule has 0 spiro atoms. The van der Waals surface area contributed by atoms with Gasteiger partial charge in [-0.25, -0.2) is 0 Å². The van der Waals surface area contributed by atoms with Gasteiger partial charge < -0.3 is 14.2 Å². The molecule has 1 aromatic rings. The number of halogens is 1. The van der Waals surface area contributed by atoms with Crippen LogP contribution in [0.5, 0.6) is 5.75 Å². The van der Waals surface area contributed by atoms with E-state index in [9.17, 15) is 0 Å². The monoisotopic (exact) mass is 304 g/mol. The molecule has 0 aliphatic heterocycles. The minimum Gasteiger partial charge on any atom is -0.491 e. The second-order valence-electron chi connectivity index (χ2n) is 2.91. The van der Waals surface area contributed by atoms with Gasteiger partial charge in [0.2, 0.25) is 0 Å². The van der Waals surface area contributed by atoms with Gasteiger partial charge in [-0.3, -0.25) is 0 Å². The summed E-state index contributed by atoms with van der Waals surface area (Å²) in [4.78, 5) is 0. The average Bonchev–Trinajstić information content (AvgIpc) is 2.36. The Morgan fingerprint density at radius 2 is 1.76 bits per heavy atom. The molecule has 4 heteroatoms. The van der Waals surface area contributed by atoms with E-state index >= 15 is 0 Å². The zero-order valence-electron chi connectivity index (χ0n) is 10.7. The topological polar surface area (TPSA) is 27.7 Å². The maximum Gasteiger partial charge on any atom is 0.120 e. The van der Waals surface area contributed by atoms with E-state index in [1.807, 2.05) is 38.1 Å². The molecule has 17 heavy (non-hydrogen) atoms. The molecule has 1 rings (SSSR count). The number of hydrogen-bond donors (Lipinski definition) is 0. The van der Waals surface area contributed by atoms with E-state index in [-0.39, 0.29) is 0 Å². The molecule has 0 bridgehead atoms. The summed E-state index contributed by atoms with van der Waals surface area (Å²) < 4.78 is 16.6. The molecule has 0 fully saturated rings. The fourth-order valence-electron chi connectivity index (χ4n) is 1.02. The van der Waals surface area contributed by atoms with Crippen LogP contribution < -0.4 is 4.74 Å². The third kappa shape index (κ3) is 9.15. The van der Waals surface area contributed by atoms with Crippen LogP contribution in [0.15, 0.2) is 28.7 Å². The van der Waals surface area contributed by atoms with E-state index in [1.54, 1.807) is 7.11 Å². The molecule has 3 nitrogen and oxygen atoms in total. The average molecular weight is 305 g/mol. The maximum atomic E-state index is 5.47. The van der Waals surface area contributed by atoms with Crippen LogP contribution in [0.1, 0.15) is 13.8 Å². The summed E-state index contributed by atoms with van der Waals surface area (Å²) in [6, 6.07) is 7.74. The van der Waals surface area contributed by atoms with Crippen molar-refractivity contribution in [1.82, 2.24) is 0 Å². The zero-order valence-corrected chi connectivity index (χ0v) is 12.3. The highest BCUT2D eigenvalue weighted by Crippen LogP contribution is 2.17. The van der Waals surface area contributed by atoms with E-state index in [0.717, 1.165) is 10.2 Å². The first kappa shape index (κ1) is 16.4. The van der Waals surface area contributed by atoms with Gasteiger partial charge in [0, 0.05) is 11.6 Å². The van der Waals surface area contributed by atoms with E-state index in [2.05, 4.69) is 15.9 Å². The lowest BCUT2D eigenvalue weighted by Crippen LogP contribution is -2.09. The van der Waals surface area contributed by atoms with Crippen molar-refractivity contribution < 1.29 is 14.2 Å². The van der Waals surface area contributed by atoms with Crippen LogP contribution in [-0.4, -0.2) is 33.5 Å². The zero-order chi connectivity index (χ0) is 12.9. The van der Waals surface area contributed by atoms with Crippen molar-refractivity contribution in [2.45, 2.75) is 13.8 Å². The summed E-state index contributed by atoms with van der Waals surface area (Å²) in [5, 5.41) is 0. The number of methoxy groups -OCH3 is 1. The highest BCUT2D eigenvalue weighted by atomic mass is 79.9. The highest BCUT2D eigenvalue weighted by Gasteiger charge is 1.94. The van der Waals surface area contributed by atoms with Crippen LogP contribution >= 0.6 is 15.9 Å². The van der Waals surface area contributed by atoms with Gasteiger partial charge in [0.05, 0.1) is 19.8 Å². The van der Waals surface area contributed by atoms with Crippen molar-refractivity contribution in [2.75, 3.05) is 33.5 Å². The first-order valence-electron chi connectivity index (χ1n) is 5.78. The maximum absolute atomic E-state index is 5.47. The second-order valence-corrected chi connectivity index (χ2v) is 3.83. The molecule has 0 radical (unpaired) electrons. The molecule has 0 saturated heterocycles. The highest BCUT2D eigenvalue weighted by molar-refractivity contribution is 9.10. The van der Waals surface area contributed by atoms with Crippen molar-refractivity contribution >= 4 is 15.9 Å². The van der Waals surface area contributed by atoms with Gasteiger partial charge in [0.25, 0.3) is 0 Å². The molecule has 0 aromatic heterocycles. The van der Waals surface area contributed by atoms with Gasteiger partial charge in [0.1, 0.15) is 12.4 Å². The van der Waals surface area contributed by atoms with E-state index < -0.39 is 0 Å². The lowest BCUT2D eigenvalue weighted by molar-refractivity contribution is 0.0544. The van der Waals surface area contributed by atoms with Crippen molar-refractivity contribution in [3.63, 3.8) is 0 Å². The van der Waals surface area contributed by atoms with Gasteiger partial charge >= 0.3 is 0 Å². The Hall–Kier alpha value is -0.580. The summed E-state index contributed by atoms with van der Waals surface area (Å²) in [6.07, 6.45) is 0. The molecule has 0 atom stereocenters. The van der Waals surface area contributed by atoms with Crippen LogP contribution in [0.4, 0.5) is 0 Å². The number of hydrogen-bond acceptors (Lipinski definition) is 3. The molecule has 0 heterocycles. The summed E-state index contributed by atoms with van der Waals surface area (Å²) in [5.41, 5.74) is 0. The van der Waals surface area contributed by atoms with Crippen LogP contribution in [-0.2, 0) is 9.47 Å². The van der Waals surface area contributed by atoms with Crippen LogP contribution in [0, 0.1) is 0 Å². The first-order chi connectivity index (χ1) is 8.33. The van der Waals surface area contributed by atoms with E-state index in [1.165, 1.54) is 0 Å². The Kier molecular flexibility index (Phi) is 11.5. The predicted molar refractivity (Wildman–Crippen MR) is 73.7 cm³/mol. The largest absolute Gasteiger partial charge is 0.491 e. The van der Waals surface area contributed by atoms with Crippen LogP contribution in [0.3, 0.4) is 0 Å². The number of ether oxygens (including phenoxy) is 3. The smallest absolute Gasteiger partial charge is 0.120 e. The third-order valence-electron chi connectivity index (χ3n) is 1.72. The number of benzene rings is 1. The number of rotatable bonds is 7. The first-order valence-corrected chi connectivity index (χ1v) is 6.57. The molecule has 0 unspecified atom stereocenters. The lowest BCUT2D eigenvalue weighted by atomic mass is 10.3. The quantitative estimate of drug-likeness (QED) is 0.721. The van der Waals surface area contributed by atoms with Crippen LogP contribution in [0.2, 0.25) is 0 Å². The molecule has 1 aromatic carbocycles. The van der Waals surface area contributed by atoms with Gasteiger partial charge in [0.15, 0.2) is 0 Å². The van der Waals surface area contributed by atoms with Crippen molar-refractivity contribution in [3.8, 4) is 5.75 Å². The summed E-state index contributed by atoms with van der Waals surface area (Å²) in [6.45, 7) is 6.37. The Labute approximate surface area is 112 Å². The fourth-order valence-corrected chi connectivity index (χ4v) is 1.40. The SMILES string of the molecule is CC.COCCOCCOc1cccc(Br)c1. The molecular weight excluding hydrogens is 284 g/mol. The second kappa shape index (κ2) is 11.9. The Bertz CT molecular complexity index is 279. The van der Waals surface area contributed by atoms with Crippen LogP contribution in [0.25, 0.3) is 0 Å². The fraction of sp³-hybridized carbons (Fsp3) is 0.538. The Morgan fingerprint density at radius 1 is 1.06 bits per heavy atom. The molecule has 0 aliphatic carbocycles. The molecule has 98 valence electrons. The standard InChI is InChI=1S/C11H15BrO3.C2H6/c1-13-5-6-14-7-8-15-11-4-2-3-10(12)9-11;1-2/h2-4,9H,5-8H2,1H3;1-2H3. The minimum absolute atomic E-state index is 0.556. The Morgan fingerprint density at radius 3 is 2.41 bits per heavy atom. The lowest BCUT2D eigenvalue weighted by Gasteiger charge is -2.06. The van der Waals surface area contributed by atoms with E-state index in [4.69, 9.17) is 14.2 Å². The molecule has 0 saturated carbocycles. The molecule has 0 N–H and O–H groups in total. The molecular formula is C13H21BrO3. The van der Waals surface area contributed by atoms with Crippen molar-refractivity contribution in [3.05, 3.63) is 28.7 Å². The molecule has 0 amide bonds. The van der Waals surface area contributed by atoms with Gasteiger partial charge in [-0.05, 0) is 18.2 Å². The van der Waals surface area contributed by atoms with Crippen molar-refractivity contribution in [1.29, 1.82) is 0 Å². The Balaban J connectivity index is 0.00000121. The molecule has 0 aliphatic rings. The third-order valence-corrected chi connectivity index (χ3v) is 2.22. The van der Waals surface area contributed by atoms with Gasteiger partial charge in [-0.15, -0.1) is 0 Å². The predicted octanol–water partition coefficient (Wildman–Crippen LogP) is 3.52. The van der Waals surface area contributed by atoms with E-state index in [0.29, 0.717) is 26.4 Å². The summed E-state index contributed by atoms with van der Waals surface area (Å²) >= 11 is 3.38. The summed E-state index contributed by atoms with van der Waals surface area (Å²) in [7, 11) is 1.65.